The molecule has 166 valence electrons. The van der Waals surface area contributed by atoms with Gasteiger partial charge in [-0.3, -0.25) is 4.79 Å². The molecule has 3 N–H and O–H groups in total. The van der Waals surface area contributed by atoms with E-state index in [0.717, 1.165) is 48.8 Å². The number of amides is 1. The van der Waals surface area contributed by atoms with Crippen LogP contribution in [-0.2, 0) is 14.3 Å². The Balaban J connectivity index is 1.68. The molecule has 2 aliphatic rings. The van der Waals surface area contributed by atoms with Gasteiger partial charge >= 0.3 is 0 Å². The van der Waals surface area contributed by atoms with E-state index in [9.17, 15) is 4.79 Å². The topological polar surface area (TPSA) is 119 Å². The standard InChI is InChI=1S/C21H29N7O3/c1-14-11-18(25-20(29)15(2)22)23-13-16(14)17-12-19(27-3-7-30-8-4-27)26-21(24-17)28-5-9-31-10-6-28/h11-13,15H,3-10,22H2,1-2H3,(H,23,25,29)/t15-/m1/s1. The number of ether oxygens (including phenoxy) is 2. The fourth-order valence-corrected chi connectivity index (χ4v) is 3.55. The van der Waals surface area contributed by atoms with Crippen LogP contribution in [-0.4, -0.2) is 79.5 Å². The van der Waals surface area contributed by atoms with Gasteiger partial charge in [0.05, 0.1) is 38.2 Å². The minimum atomic E-state index is -0.601. The van der Waals surface area contributed by atoms with E-state index < -0.39 is 6.04 Å². The molecule has 1 amide bonds. The normalized spacial score (nSPS) is 18.0. The lowest BCUT2D eigenvalue weighted by molar-refractivity contribution is -0.117. The Kier molecular flexibility index (Phi) is 6.59. The molecule has 0 aromatic carbocycles. The van der Waals surface area contributed by atoms with Gasteiger partial charge in [0.25, 0.3) is 0 Å². The van der Waals surface area contributed by atoms with Gasteiger partial charge in [0.1, 0.15) is 11.6 Å². The lowest BCUT2D eigenvalue weighted by Gasteiger charge is -2.31. The molecule has 10 nitrogen and oxygen atoms in total. The number of pyridine rings is 1. The summed E-state index contributed by atoms with van der Waals surface area (Å²) >= 11 is 0. The van der Waals surface area contributed by atoms with Crippen LogP contribution in [0.15, 0.2) is 18.3 Å². The highest BCUT2D eigenvalue weighted by Gasteiger charge is 2.21. The summed E-state index contributed by atoms with van der Waals surface area (Å²) in [5.41, 5.74) is 8.28. The van der Waals surface area contributed by atoms with Gasteiger partial charge in [-0.05, 0) is 25.5 Å². The number of anilines is 3. The van der Waals surface area contributed by atoms with Gasteiger partial charge in [-0.25, -0.2) is 9.97 Å². The fraction of sp³-hybridized carbons (Fsp3) is 0.524. The maximum Gasteiger partial charge on any atom is 0.242 e. The van der Waals surface area contributed by atoms with Crippen LogP contribution in [0.3, 0.4) is 0 Å². The van der Waals surface area contributed by atoms with Crippen LogP contribution in [0.4, 0.5) is 17.6 Å². The van der Waals surface area contributed by atoms with Crippen LogP contribution >= 0.6 is 0 Å². The number of nitrogens with two attached hydrogens (primary N) is 1. The van der Waals surface area contributed by atoms with Crippen molar-refractivity contribution < 1.29 is 14.3 Å². The third-order valence-corrected chi connectivity index (χ3v) is 5.38. The minimum absolute atomic E-state index is 0.272. The first-order valence-corrected chi connectivity index (χ1v) is 10.6. The first kappa shape index (κ1) is 21.4. The molecule has 0 aliphatic carbocycles. The third-order valence-electron chi connectivity index (χ3n) is 5.38. The Bertz CT molecular complexity index is 889. The van der Waals surface area contributed by atoms with Gasteiger partial charge in [-0.15, -0.1) is 0 Å². The molecule has 4 rings (SSSR count). The highest BCUT2D eigenvalue weighted by atomic mass is 16.5. The zero-order valence-corrected chi connectivity index (χ0v) is 18.0. The van der Waals surface area contributed by atoms with E-state index in [-0.39, 0.29) is 5.91 Å². The average Bonchev–Trinajstić information content (AvgIpc) is 2.80. The maximum absolute atomic E-state index is 11.9. The Labute approximate surface area is 181 Å². The van der Waals surface area contributed by atoms with Crippen LogP contribution in [0.2, 0.25) is 0 Å². The predicted octanol–water partition coefficient (Wildman–Crippen LogP) is 0.806. The van der Waals surface area contributed by atoms with E-state index in [1.165, 1.54) is 0 Å². The molecule has 10 heteroatoms. The van der Waals surface area contributed by atoms with Gasteiger partial charge < -0.3 is 30.3 Å². The van der Waals surface area contributed by atoms with Gasteiger partial charge in [0, 0.05) is 44.0 Å². The van der Waals surface area contributed by atoms with Crippen molar-refractivity contribution in [3.05, 3.63) is 23.9 Å². The number of nitrogens with one attached hydrogen (secondary N) is 1. The smallest absolute Gasteiger partial charge is 0.242 e. The molecule has 2 aliphatic heterocycles. The first-order chi connectivity index (χ1) is 15.0. The number of aryl methyl sites for hydroxylation is 1. The second kappa shape index (κ2) is 9.54. The van der Waals surface area contributed by atoms with E-state index >= 15 is 0 Å². The first-order valence-electron chi connectivity index (χ1n) is 10.6. The van der Waals surface area contributed by atoms with Crippen molar-refractivity contribution >= 4 is 23.5 Å². The number of morpholine rings is 2. The maximum atomic E-state index is 11.9. The molecular formula is C21H29N7O3. The summed E-state index contributed by atoms with van der Waals surface area (Å²) in [7, 11) is 0. The van der Waals surface area contributed by atoms with E-state index in [1.807, 2.05) is 19.1 Å². The average molecular weight is 428 g/mol. The summed E-state index contributed by atoms with van der Waals surface area (Å²) in [6, 6.07) is 3.23. The second-order valence-electron chi connectivity index (χ2n) is 7.77. The number of aromatic nitrogens is 3. The monoisotopic (exact) mass is 427 g/mol. The van der Waals surface area contributed by atoms with E-state index in [0.29, 0.717) is 38.2 Å². The summed E-state index contributed by atoms with van der Waals surface area (Å²) < 4.78 is 11.0. The van der Waals surface area contributed by atoms with Gasteiger partial charge in [-0.2, -0.15) is 4.98 Å². The number of carbonyl (C=O) groups excluding carboxylic acids is 1. The number of hydrogen-bond donors (Lipinski definition) is 2. The van der Waals surface area contributed by atoms with Gasteiger partial charge in [0.2, 0.25) is 11.9 Å². The molecular weight excluding hydrogens is 398 g/mol. The summed E-state index contributed by atoms with van der Waals surface area (Å²) in [5, 5.41) is 2.73. The van der Waals surface area contributed by atoms with Crippen LogP contribution < -0.4 is 20.9 Å². The lowest BCUT2D eigenvalue weighted by atomic mass is 10.1. The number of nitrogens with zero attached hydrogens (tertiary/aromatic N) is 5. The minimum Gasteiger partial charge on any atom is -0.378 e. The fourth-order valence-electron chi connectivity index (χ4n) is 3.55. The Hall–Kier alpha value is -2.82. The van der Waals surface area contributed by atoms with E-state index in [4.69, 9.17) is 25.2 Å². The largest absolute Gasteiger partial charge is 0.378 e. The molecule has 2 saturated heterocycles. The summed E-state index contributed by atoms with van der Waals surface area (Å²) in [4.78, 5) is 30.4. The van der Waals surface area contributed by atoms with Gasteiger partial charge in [0.15, 0.2) is 0 Å². The number of rotatable bonds is 5. The van der Waals surface area contributed by atoms with Gasteiger partial charge in [-0.1, -0.05) is 0 Å². The van der Waals surface area contributed by atoms with Crippen molar-refractivity contribution in [3.63, 3.8) is 0 Å². The number of carbonyl (C=O) groups is 1. The van der Waals surface area contributed by atoms with Crippen molar-refractivity contribution in [2.45, 2.75) is 19.9 Å². The lowest BCUT2D eigenvalue weighted by Crippen LogP contribution is -2.39. The summed E-state index contributed by atoms with van der Waals surface area (Å²) in [5.74, 6) is 1.77. The third kappa shape index (κ3) is 5.09. The molecule has 0 bridgehead atoms. The van der Waals surface area contributed by atoms with Crippen LogP contribution in [0.1, 0.15) is 12.5 Å². The highest BCUT2D eigenvalue weighted by Crippen LogP contribution is 2.28. The van der Waals surface area contributed by atoms with Crippen molar-refractivity contribution in [1.29, 1.82) is 0 Å². The van der Waals surface area contributed by atoms with Crippen molar-refractivity contribution in [1.82, 2.24) is 15.0 Å². The molecule has 31 heavy (non-hydrogen) atoms. The van der Waals surface area contributed by atoms with Crippen LogP contribution in [0.25, 0.3) is 11.3 Å². The summed E-state index contributed by atoms with van der Waals surface area (Å²) in [6.07, 6.45) is 1.74. The second-order valence-corrected chi connectivity index (χ2v) is 7.77. The molecule has 2 fully saturated rings. The van der Waals surface area contributed by atoms with Crippen molar-refractivity contribution in [3.8, 4) is 11.3 Å². The Morgan fingerprint density at radius 1 is 1.06 bits per heavy atom. The predicted molar refractivity (Wildman–Crippen MR) is 118 cm³/mol. The molecule has 0 saturated carbocycles. The van der Waals surface area contributed by atoms with Crippen molar-refractivity contribution in [2.75, 3.05) is 67.7 Å². The van der Waals surface area contributed by atoms with E-state index in [1.54, 1.807) is 13.1 Å². The zero-order valence-electron chi connectivity index (χ0n) is 18.0. The molecule has 1 atom stereocenters. The molecule has 2 aromatic rings. The zero-order chi connectivity index (χ0) is 21.8. The SMILES string of the molecule is Cc1cc(NC(=O)[C@@H](C)N)ncc1-c1cc(N2CCOCC2)nc(N2CCOCC2)n1. The quantitative estimate of drug-likeness (QED) is 0.714. The van der Waals surface area contributed by atoms with Crippen LogP contribution in [0, 0.1) is 6.92 Å². The molecule has 0 spiro atoms. The molecule has 0 unspecified atom stereocenters. The summed E-state index contributed by atoms with van der Waals surface area (Å²) in [6.45, 7) is 9.39. The highest BCUT2D eigenvalue weighted by molar-refractivity contribution is 5.93. The van der Waals surface area contributed by atoms with E-state index in [2.05, 4.69) is 20.1 Å². The van der Waals surface area contributed by atoms with Crippen molar-refractivity contribution in [2.24, 2.45) is 5.73 Å². The molecule has 2 aromatic heterocycles. The molecule has 0 radical (unpaired) electrons. The Morgan fingerprint density at radius 2 is 1.71 bits per heavy atom. The van der Waals surface area contributed by atoms with Crippen LogP contribution in [0.5, 0.6) is 0 Å². The Morgan fingerprint density at radius 3 is 2.32 bits per heavy atom. The molecule has 4 heterocycles. The number of hydrogen-bond acceptors (Lipinski definition) is 9.